The molecule has 0 amide bonds. The molecule has 0 radical (unpaired) electrons. The highest BCUT2D eigenvalue weighted by molar-refractivity contribution is 5.86. The average Bonchev–Trinajstić information content (AvgIpc) is 2.87. The molecular formula is C20H20F2N2. The second kappa shape index (κ2) is 6.02. The Balaban J connectivity index is 1.82. The minimum absolute atomic E-state index is 0.338. The van der Waals surface area contributed by atoms with E-state index in [1.807, 2.05) is 18.2 Å². The molecular weight excluding hydrogens is 306 g/mol. The zero-order valence-electron chi connectivity index (χ0n) is 13.7. The van der Waals surface area contributed by atoms with Crippen molar-refractivity contribution in [2.75, 3.05) is 0 Å². The van der Waals surface area contributed by atoms with E-state index in [1.165, 1.54) is 11.6 Å². The Labute approximate surface area is 140 Å². The molecule has 1 unspecified atom stereocenters. The Morgan fingerprint density at radius 1 is 1.17 bits per heavy atom. The molecule has 0 saturated heterocycles. The molecule has 0 saturated carbocycles. The predicted molar refractivity (Wildman–Crippen MR) is 92.0 cm³/mol. The van der Waals surface area contributed by atoms with E-state index >= 15 is 0 Å². The van der Waals surface area contributed by atoms with Crippen LogP contribution in [0.25, 0.3) is 10.9 Å². The van der Waals surface area contributed by atoms with Crippen LogP contribution in [0.5, 0.6) is 0 Å². The van der Waals surface area contributed by atoms with Crippen molar-refractivity contribution in [1.82, 2.24) is 9.88 Å². The number of hydrogen-bond donors (Lipinski definition) is 1. The van der Waals surface area contributed by atoms with Crippen LogP contribution in [0.1, 0.15) is 23.7 Å². The first-order valence-electron chi connectivity index (χ1n) is 8.40. The van der Waals surface area contributed by atoms with Crippen molar-refractivity contribution in [3.8, 4) is 0 Å². The minimum atomic E-state index is -0.512. The molecule has 1 aromatic heterocycles. The number of rotatable bonds is 3. The first-order valence-corrected chi connectivity index (χ1v) is 8.40. The molecule has 1 atom stereocenters. The summed E-state index contributed by atoms with van der Waals surface area (Å²) in [6, 6.07) is 13.0. The van der Waals surface area contributed by atoms with Crippen molar-refractivity contribution >= 4 is 10.9 Å². The third kappa shape index (κ3) is 2.61. The Kier molecular flexibility index (Phi) is 3.85. The maximum Gasteiger partial charge on any atom is 0.150 e. The van der Waals surface area contributed by atoms with Gasteiger partial charge in [-0.3, -0.25) is 0 Å². The Hall–Kier alpha value is -2.20. The number of aryl methyl sites for hydroxylation is 2. The summed E-state index contributed by atoms with van der Waals surface area (Å²) in [5.74, 6) is -0.984. The Morgan fingerprint density at radius 3 is 2.75 bits per heavy atom. The number of nitrogens with one attached hydrogen (secondary N) is 1. The van der Waals surface area contributed by atoms with Gasteiger partial charge in [0.05, 0.1) is 5.52 Å². The van der Waals surface area contributed by atoms with E-state index in [4.69, 9.17) is 0 Å². The molecule has 0 aliphatic carbocycles. The van der Waals surface area contributed by atoms with Crippen LogP contribution in [0.4, 0.5) is 8.78 Å². The largest absolute Gasteiger partial charge is 0.341 e. The lowest BCUT2D eigenvalue weighted by molar-refractivity contribution is 0.491. The molecule has 24 heavy (non-hydrogen) atoms. The Morgan fingerprint density at radius 2 is 1.96 bits per heavy atom. The van der Waals surface area contributed by atoms with Gasteiger partial charge in [0.1, 0.15) is 11.6 Å². The van der Waals surface area contributed by atoms with Gasteiger partial charge >= 0.3 is 0 Å². The third-order valence-corrected chi connectivity index (χ3v) is 4.89. The summed E-state index contributed by atoms with van der Waals surface area (Å²) in [5.41, 5.74) is 3.93. The highest BCUT2D eigenvalue weighted by atomic mass is 19.1. The Bertz CT molecular complexity index is 884. The minimum Gasteiger partial charge on any atom is -0.341 e. The van der Waals surface area contributed by atoms with E-state index in [2.05, 4.69) is 28.9 Å². The molecule has 0 fully saturated rings. The van der Waals surface area contributed by atoms with Crippen LogP contribution in [0.3, 0.4) is 0 Å². The van der Waals surface area contributed by atoms with E-state index in [0.717, 1.165) is 30.2 Å². The summed E-state index contributed by atoms with van der Waals surface area (Å²) in [5, 5.41) is 4.10. The molecule has 2 nitrogen and oxygen atoms in total. The monoisotopic (exact) mass is 326 g/mol. The topological polar surface area (TPSA) is 17.0 Å². The summed E-state index contributed by atoms with van der Waals surface area (Å²) in [6.07, 6.45) is 1.66. The van der Waals surface area contributed by atoms with Gasteiger partial charge < -0.3 is 9.88 Å². The van der Waals surface area contributed by atoms with E-state index in [9.17, 15) is 8.78 Å². The maximum absolute atomic E-state index is 14.5. The molecule has 4 rings (SSSR count). The SMILES string of the molecule is CC1Cc2c(c3cc(F)cc(F)c3n2CCc2ccccc2)CN1. The van der Waals surface area contributed by atoms with Crippen molar-refractivity contribution in [3.05, 3.63) is 70.9 Å². The highest BCUT2D eigenvalue weighted by Gasteiger charge is 2.25. The molecule has 3 aromatic rings. The summed E-state index contributed by atoms with van der Waals surface area (Å²) >= 11 is 0. The van der Waals surface area contributed by atoms with Gasteiger partial charge in [-0.25, -0.2) is 8.78 Å². The van der Waals surface area contributed by atoms with Crippen molar-refractivity contribution < 1.29 is 8.78 Å². The zero-order chi connectivity index (χ0) is 16.7. The zero-order valence-corrected chi connectivity index (χ0v) is 13.7. The lowest BCUT2D eigenvalue weighted by atomic mass is 10.0. The molecule has 124 valence electrons. The van der Waals surface area contributed by atoms with Gasteiger partial charge in [-0.15, -0.1) is 0 Å². The highest BCUT2D eigenvalue weighted by Crippen LogP contribution is 2.32. The molecule has 0 bridgehead atoms. The number of aromatic nitrogens is 1. The fraction of sp³-hybridized carbons (Fsp3) is 0.300. The van der Waals surface area contributed by atoms with Gasteiger partial charge in [0, 0.05) is 42.7 Å². The van der Waals surface area contributed by atoms with Gasteiger partial charge in [0.25, 0.3) is 0 Å². The van der Waals surface area contributed by atoms with Crippen LogP contribution < -0.4 is 5.32 Å². The average molecular weight is 326 g/mol. The fourth-order valence-corrected chi connectivity index (χ4v) is 3.73. The van der Waals surface area contributed by atoms with E-state index in [0.29, 0.717) is 30.0 Å². The van der Waals surface area contributed by atoms with Crippen LogP contribution in [-0.4, -0.2) is 10.6 Å². The van der Waals surface area contributed by atoms with Gasteiger partial charge in [0.2, 0.25) is 0 Å². The van der Waals surface area contributed by atoms with Crippen LogP contribution in [0.15, 0.2) is 42.5 Å². The molecule has 0 spiro atoms. The van der Waals surface area contributed by atoms with E-state index in [-0.39, 0.29) is 0 Å². The van der Waals surface area contributed by atoms with Gasteiger partial charge in [-0.1, -0.05) is 30.3 Å². The van der Waals surface area contributed by atoms with Crippen molar-refractivity contribution in [3.63, 3.8) is 0 Å². The van der Waals surface area contributed by atoms with Crippen molar-refractivity contribution in [2.45, 2.75) is 38.9 Å². The van der Waals surface area contributed by atoms with Crippen molar-refractivity contribution in [1.29, 1.82) is 0 Å². The van der Waals surface area contributed by atoms with Crippen molar-refractivity contribution in [2.24, 2.45) is 0 Å². The molecule has 1 aliphatic rings. The molecule has 1 N–H and O–H groups in total. The summed E-state index contributed by atoms with van der Waals surface area (Å²) < 4.78 is 30.3. The fourth-order valence-electron chi connectivity index (χ4n) is 3.73. The quantitative estimate of drug-likeness (QED) is 0.763. The van der Waals surface area contributed by atoms with Gasteiger partial charge in [-0.2, -0.15) is 0 Å². The first-order chi connectivity index (χ1) is 11.6. The number of fused-ring (bicyclic) bond motifs is 3. The van der Waals surface area contributed by atoms with Gasteiger partial charge in [0.15, 0.2) is 0 Å². The summed E-state index contributed by atoms with van der Waals surface area (Å²) in [4.78, 5) is 0. The van der Waals surface area contributed by atoms with Crippen LogP contribution in [-0.2, 0) is 25.9 Å². The molecule has 2 heterocycles. The number of hydrogen-bond acceptors (Lipinski definition) is 1. The summed E-state index contributed by atoms with van der Waals surface area (Å²) in [6.45, 7) is 3.48. The van der Waals surface area contributed by atoms with E-state index in [1.54, 1.807) is 0 Å². The van der Waals surface area contributed by atoms with E-state index < -0.39 is 11.6 Å². The molecule has 2 aromatic carbocycles. The number of nitrogens with zero attached hydrogens (tertiary/aromatic N) is 1. The molecule has 4 heteroatoms. The van der Waals surface area contributed by atoms with Crippen LogP contribution in [0.2, 0.25) is 0 Å². The van der Waals surface area contributed by atoms with Crippen LogP contribution in [0, 0.1) is 11.6 Å². The lowest BCUT2D eigenvalue weighted by Gasteiger charge is -2.23. The first kappa shape index (κ1) is 15.3. The molecule has 1 aliphatic heterocycles. The van der Waals surface area contributed by atoms with Gasteiger partial charge in [-0.05, 0) is 30.5 Å². The third-order valence-electron chi connectivity index (χ3n) is 4.89. The summed E-state index contributed by atoms with van der Waals surface area (Å²) in [7, 11) is 0. The normalized spacial score (nSPS) is 17.2. The number of benzene rings is 2. The lowest BCUT2D eigenvalue weighted by Crippen LogP contribution is -2.33. The number of halogens is 2. The smallest absolute Gasteiger partial charge is 0.150 e. The maximum atomic E-state index is 14.5. The predicted octanol–water partition coefficient (Wildman–Crippen LogP) is 4.20. The second-order valence-electron chi connectivity index (χ2n) is 6.58. The standard InChI is InChI=1S/C20H20F2N2/c1-13-9-19-17(12-23-13)16-10-15(21)11-18(22)20(16)24(19)8-7-14-5-3-2-4-6-14/h2-6,10-11,13,23H,7-9,12H2,1H3. The van der Waals surface area contributed by atoms with Crippen LogP contribution >= 0.6 is 0 Å². The second-order valence-corrected chi connectivity index (χ2v) is 6.58.